The Morgan fingerprint density at radius 1 is 0.647 bits per heavy atom. The van der Waals surface area contributed by atoms with Gasteiger partial charge in [0.1, 0.15) is 30.2 Å². The summed E-state index contributed by atoms with van der Waals surface area (Å²) in [6.45, 7) is 2.40. The van der Waals surface area contributed by atoms with Gasteiger partial charge in [-0.1, -0.05) is 0 Å². The van der Waals surface area contributed by atoms with Crippen LogP contribution in [0.4, 0.5) is 0 Å². The molecule has 18 N–H and O–H groups in total. The van der Waals surface area contributed by atoms with Crippen LogP contribution < -0.4 is 54.8 Å². The van der Waals surface area contributed by atoms with Gasteiger partial charge in [0.25, 0.3) is 0 Å². The smallest absolute Gasteiger partial charge is 0.328 e. The Balaban J connectivity index is 5.89. The standard InChI is InChI=1S/C27H47N11O13/c1-10(33-22(46)13(28)7-18(42)43)20(44)37-16(9-39)25(49)36-15(8-17(29)41)24(48)35-14(5-4-6-32-27(30)31)23(47)34-11(2)21(45)38-19(12(3)40)26(50)51/h10-16,19,39-40H,4-9,28H2,1-3H3,(H2,29,41)(H,33,46)(H,34,47)(H,35,48)(H,36,49)(H,37,44)(H,38,45)(H,42,43)(H,50,51)(H4,30,31,32)/t10-,11-,12+,13-,14-,15-,16-,19-/m0/s1. The number of hydrogen-bond acceptors (Lipinski definition) is 13. The quantitative estimate of drug-likeness (QED) is 0.0263. The highest BCUT2D eigenvalue weighted by molar-refractivity contribution is 5.98. The number of aliphatic carboxylic acids is 2. The number of aliphatic hydroxyl groups is 2. The summed E-state index contributed by atoms with van der Waals surface area (Å²) in [6, 6.07) is -11.0. The van der Waals surface area contributed by atoms with Gasteiger partial charge in [0.15, 0.2) is 12.0 Å². The third-order valence-electron chi connectivity index (χ3n) is 6.71. The van der Waals surface area contributed by atoms with Crippen molar-refractivity contribution in [2.45, 2.75) is 94.9 Å². The van der Waals surface area contributed by atoms with Crippen LogP contribution in [0.1, 0.15) is 46.5 Å². The summed E-state index contributed by atoms with van der Waals surface area (Å²) >= 11 is 0. The van der Waals surface area contributed by atoms with Gasteiger partial charge in [-0.2, -0.15) is 0 Å². The predicted octanol–water partition coefficient (Wildman–Crippen LogP) is -7.88. The van der Waals surface area contributed by atoms with E-state index in [1.54, 1.807) is 0 Å². The van der Waals surface area contributed by atoms with Gasteiger partial charge in [0, 0.05) is 6.54 Å². The average molecular weight is 734 g/mol. The number of nitrogens with one attached hydrogen (secondary N) is 6. The molecule has 288 valence electrons. The molecule has 0 aliphatic heterocycles. The minimum absolute atomic E-state index is 0.0175. The molecule has 0 spiro atoms. The highest BCUT2D eigenvalue weighted by Gasteiger charge is 2.33. The lowest BCUT2D eigenvalue weighted by atomic mass is 10.1. The fourth-order valence-electron chi connectivity index (χ4n) is 3.93. The number of primary amides is 1. The molecule has 0 aromatic rings. The SMILES string of the molecule is C[C@H](NC(=O)[C@H](CCCN=C(N)N)NC(=O)[C@H](CC(N)=O)NC(=O)[C@H](CO)NC(=O)[C@H](C)NC(=O)[C@@H](N)CC(=O)O)C(=O)N[C@H](C(=O)O)[C@@H](C)O. The summed E-state index contributed by atoms with van der Waals surface area (Å²) in [6.07, 6.45) is -3.18. The maximum atomic E-state index is 13.3. The summed E-state index contributed by atoms with van der Waals surface area (Å²) in [5, 5.41) is 50.3. The Morgan fingerprint density at radius 2 is 1.12 bits per heavy atom. The maximum Gasteiger partial charge on any atom is 0.328 e. The molecule has 0 saturated carbocycles. The Bertz CT molecular complexity index is 1320. The molecule has 0 heterocycles. The van der Waals surface area contributed by atoms with Gasteiger partial charge in [0.05, 0.1) is 31.6 Å². The average Bonchev–Trinajstić information content (AvgIpc) is 3.01. The molecule has 24 heteroatoms. The van der Waals surface area contributed by atoms with Crippen LogP contribution in [0.3, 0.4) is 0 Å². The van der Waals surface area contributed by atoms with Crippen molar-refractivity contribution >= 4 is 59.2 Å². The number of carbonyl (C=O) groups is 9. The van der Waals surface area contributed by atoms with Crippen molar-refractivity contribution in [3.05, 3.63) is 0 Å². The van der Waals surface area contributed by atoms with E-state index < -0.39 is 121 Å². The first-order valence-corrected chi connectivity index (χ1v) is 15.3. The van der Waals surface area contributed by atoms with E-state index in [2.05, 4.69) is 36.9 Å². The van der Waals surface area contributed by atoms with Crippen molar-refractivity contribution in [3.63, 3.8) is 0 Å². The van der Waals surface area contributed by atoms with Crippen LogP contribution in [0.25, 0.3) is 0 Å². The van der Waals surface area contributed by atoms with Crippen molar-refractivity contribution in [1.82, 2.24) is 31.9 Å². The molecule has 0 radical (unpaired) electrons. The van der Waals surface area contributed by atoms with E-state index in [1.165, 1.54) is 6.92 Å². The maximum absolute atomic E-state index is 13.3. The van der Waals surface area contributed by atoms with Gasteiger partial charge in [-0.05, 0) is 33.6 Å². The number of aliphatic imine (C=N–C) groups is 1. The van der Waals surface area contributed by atoms with E-state index >= 15 is 0 Å². The van der Waals surface area contributed by atoms with Crippen LogP contribution in [0.2, 0.25) is 0 Å². The zero-order valence-corrected chi connectivity index (χ0v) is 28.1. The van der Waals surface area contributed by atoms with Gasteiger partial charge < -0.3 is 75.3 Å². The molecule has 0 aliphatic rings. The number of nitrogens with two attached hydrogens (primary N) is 4. The van der Waals surface area contributed by atoms with Crippen LogP contribution in [0.15, 0.2) is 4.99 Å². The van der Waals surface area contributed by atoms with Gasteiger partial charge in [-0.25, -0.2) is 4.79 Å². The summed E-state index contributed by atoms with van der Waals surface area (Å²) in [4.78, 5) is 114. The molecule has 0 rings (SSSR count). The molecule has 0 aliphatic carbocycles. The first kappa shape index (κ1) is 45.4. The number of carbonyl (C=O) groups excluding carboxylic acids is 7. The monoisotopic (exact) mass is 733 g/mol. The van der Waals surface area contributed by atoms with E-state index in [9.17, 15) is 58.5 Å². The summed E-state index contributed by atoms with van der Waals surface area (Å²) in [5.74, 6) is -10.7. The topological polar surface area (TPSA) is 423 Å². The van der Waals surface area contributed by atoms with E-state index in [0.29, 0.717) is 0 Å². The van der Waals surface area contributed by atoms with E-state index in [0.717, 1.165) is 13.8 Å². The molecule has 0 fully saturated rings. The minimum atomic E-state index is -1.79. The van der Waals surface area contributed by atoms with Gasteiger partial charge in [0.2, 0.25) is 41.4 Å². The van der Waals surface area contributed by atoms with Crippen LogP contribution in [-0.4, -0.2) is 141 Å². The molecule has 0 bridgehead atoms. The predicted molar refractivity (Wildman–Crippen MR) is 173 cm³/mol. The van der Waals surface area contributed by atoms with Crippen LogP contribution in [0, 0.1) is 0 Å². The van der Waals surface area contributed by atoms with Crippen molar-refractivity contribution in [1.29, 1.82) is 0 Å². The number of amides is 7. The Hall–Kier alpha value is -5.62. The normalized spacial score (nSPS) is 15.4. The summed E-state index contributed by atoms with van der Waals surface area (Å²) in [7, 11) is 0. The zero-order chi connectivity index (χ0) is 39.6. The Kier molecular flexibility index (Phi) is 19.7. The second-order valence-corrected chi connectivity index (χ2v) is 11.2. The number of carboxylic acids is 2. The molecule has 8 atom stereocenters. The molecule has 24 nitrogen and oxygen atoms in total. The number of hydrogen-bond donors (Lipinski definition) is 14. The van der Waals surface area contributed by atoms with Crippen LogP contribution >= 0.6 is 0 Å². The van der Waals surface area contributed by atoms with E-state index in [4.69, 9.17) is 28.0 Å². The Labute approximate surface area is 290 Å². The van der Waals surface area contributed by atoms with Gasteiger partial charge in [-0.3, -0.25) is 43.3 Å². The number of guanidine groups is 1. The zero-order valence-electron chi connectivity index (χ0n) is 28.1. The lowest BCUT2D eigenvalue weighted by Crippen LogP contribution is -2.60. The fourth-order valence-corrected chi connectivity index (χ4v) is 3.93. The Morgan fingerprint density at radius 3 is 1.59 bits per heavy atom. The van der Waals surface area contributed by atoms with E-state index in [-0.39, 0.29) is 25.3 Å². The second kappa shape index (κ2) is 22.2. The first-order valence-electron chi connectivity index (χ1n) is 15.3. The molecule has 0 saturated heterocycles. The summed E-state index contributed by atoms with van der Waals surface area (Å²) < 4.78 is 0. The third-order valence-corrected chi connectivity index (χ3v) is 6.71. The largest absolute Gasteiger partial charge is 0.481 e. The molecule has 7 amide bonds. The number of aliphatic hydroxyl groups excluding tert-OH is 2. The van der Waals surface area contributed by atoms with Crippen LogP contribution in [-0.2, 0) is 43.2 Å². The lowest BCUT2D eigenvalue weighted by Gasteiger charge is -2.26. The van der Waals surface area contributed by atoms with Crippen molar-refractivity contribution in [3.8, 4) is 0 Å². The van der Waals surface area contributed by atoms with Crippen molar-refractivity contribution < 1.29 is 63.6 Å². The highest BCUT2D eigenvalue weighted by atomic mass is 16.4. The number of carboxylic acid groups (broad SMARTS) is 2. The van der Waals surface area contributed by atoms with Gasteiger partial charge >= 0.3 is 11.9 Å². The van der Waals surface area contributed by atoms with Crippen molar-refractivity contribution in [2.24, 2.45) is 27.9 Å². The number of rotatable bonds is 23. The molecular formula is C27H47N11O13. The molecule has 0 aromatic heterocycles. The number of nitrogens with zero attached hydrogens (tertiary/aromatic N) is 1. The van der Waals surface area contributed by atoms with Crippen molar-refractivity contribution in [2.75, 3.05) is 13.2 Å². The first-order chi connectivity index (χ1) is 23.6. The second-order valence-electron chi connectivity index (χ2n) is 11.2. The lowest BCUT2D eigenvalue weighted by molar-refractivity contribution is -0.145. The fraction of sp³-hybridized carbons (Fsp3) is 0.630. The van der Waals surface area contributed by atoms with Gasteiger partial charge in [-0.15, -0.1) is 0 Å². The van der Waals surface area contributed by atoms with E-state index in [1.807, 2.05) is 0 Å². The minimum Gasteiger partial charge on any atom is -0.481 e. The molecule has 0 unspecified atom stereocenters. The molecular weight excluding hydrogens is 686 g/mol. The molecule has 0 aromatic carbocycles. The highest BCUT2D eigenvalue weighted by Crippen LogP contribution is 2.04. The summed E-state index contributed by atoms with van der Waals surface area (Å²) in [5.41, 5.74) is 21.3. The van der Waals surface area contributed by atoms with Crippen LogP contribution in [0.5, 0.6) is 0 Å². The third kappa shape index (κ3) is 17.6. The molecule has 51 heavy (non-hydrogen) atoms.